The van der Waals surface area contributed by atoms with Crippen molar-refractivity contribution in [3.63, 3.8) is 0 Å². The Morgan fingerprint density at radius 2 is 0.905 bits per heavy atom. The van der Waals surface area contributed by atoms with Crippen LogP contribution in [0.15, 0.2) is 152 Å². The lowest BCUT2D eigenvalue weighted by atomic mass is 9.80. The highest BCUT2D eigenvalue weighted by Gasteiger charge is 2.52. The number of nitrogens with zero attached hydrogens (tertiary/aromatic N) is 8. The number of amides is 5. The summed E-state index contributed by atoms with van der Waals surface area (Å²) in [5.41, 5.74) is 7.34. The molecule has 7 aromatic rings. The van der Waals surface area contributed by atoms with E-state index in [1.807, 2.05) is 188 Å². The number of carbonyl (C=O) groups is 5. The van der Waals surface area contributed by atoms with Crippen molar-refractivity contribution in [2.24, 2.45) is 0 Å². The summed E-state index contributed by atoms with van der Waals surface area (Å²) < 4.78 is 47.7. The van der Waals surface area contributed by atoms with Gasteiger partial charge in [-0.05, 0) is 224 Å². The molecule has 0 aliphatic carbocycles. The molecule has 0 saturated carbocycles. The standard InChI is InChI=1S/C29H37N3O6.C23H26N2O3.C22H25N3O3.C16H25BN2O3/c1-7-31(8-2)26(33)22-13-12-20(17-30-22)21-16-29(14-15-32(18-29)27(34)38-28(3,4)5)37-24-11-9-10-23(25(21)24)36-19-35-6;1-3-25(4-2)22(27)17-10-8-16(9-11-17)18-14-23(12-13-24-15-23)28-20-7-5-6-19(26)21(18)20;1-3-25(4-2)21(27)17-9-8-15(13-24-17)16-12-22(10-11-23-14-22)28-19-7-5-6-18(26)20(16)19;1-7-19(8-2)14(20)13-10-9-12(11-18-13)17-21-15(3,4)16(5,6)22-17/h9-13,16-17H,7-8,14-15,18-19H2,1-6H3;5-11,14,24,26H,3-4,12-13,15H2,1-2H3;5-9,12-13,23,26H,3-4,10-11,14H2,1-2H3;9-11H,7-8H2,1-6H3. The Kier molecular flexibility index (Phi) is 27.3. The smallest absolute Gasteiger partial charge is 0.496 e. The number of hydrogen-bond acceptors (Lipinski definition) is 20. The van der Waals surface area contributed by atoms with Crippen LogP contribution in [0, 0.1) is 0 Å². The summed E-state index contributed by atoms with van der Waals surface area (Å²) in [5.74, 6) is 2.81. The van der Waals surface area contributed by atoms with Crippen molar-refractivity contribution in [2.75, 3.05) is 106 Å². The third-order valence-corrected chi connectivity index (χ3v) is 22.3. The highest BCUT2D eigenvalue weighted by Crippen LogP contribution is 2.50. The first-order valence-electron chi connectivity index (χ1n) is 40.5. The minimum Gasteiger partial charge on any atom is -0.507 e. The molecule has 3 unspecified atom stereocenters. The predicted octanol–water partition coefficient (Wildman–Crippen LogP) is 12.9. The minimum absolute atomic E-state index is 0.0391. The normalized spacial score (nSPS) is 19.6. The first-order chi connectivity index (χ1) is 55.4. The van der Waals surface area contributed by atoms with Gasteiger partial charge in [0.15, 0.2) is 6.79 Å². The number of carbonyl (C=O) groups excluding carboxylic acids is 5. The van der Waals surface area contributed by atoms with Gasteiger partial charge in [-0.15, -0.1) is 0 Å². The number of likely N-dealkylation sites (tertiary alicyclic amines) is 1. The number of aromatic hydroxyl groups is 2. The lowest BCUT2D eigenvalue weighted by Gasteiger charge is -2.35. The van der Waals surface area contributed by atoms with Crippen LogP contribution < -0.4 is 35.0 Å². The Hall–Kier alpha value is -10.6. The van der Waals surface area contributed by atoms with E-state index in [9.17, 15) is 34.2 Å². The molecule has 7 aliphatic heterocycles. The van der Waals surface area contributed by atoms with Crippen molar-refractivity contribution in [2.45, 2.75) is 157 Å². The maximum atomic E-state index is 12.8. The van der Waals surface area contributed by atoms with Gasteiger partial charge >= 0.3 is 13.2 Å². The van der Waals surface area contributed by atoms with Crippen molar-refractivity contribution in [3.05, 3.63) is 208 Å². The zero-order chi connectivity index (χ0) is 83.5. The monoisotopic (exact) mass is 1580 g/mol. The molecule has 116 heavy (non-hydrogen) atoms. The molecule has 4 fully saturated rings. The van der Waals surface area contributed by atoms with Gasteiger partial charge in [0.25, 0.3) is 23.6 Å². The zero-order valence-corrected chi connectivity index (χ0v) is 70.0. The van der Waals surface area contributed by atoms with Gasteiger partial charge in [-0.2, -0.15) is 0 Å². The number of rotatable bonds is 19. The van der Waals surface area contributed by atoms with Gasteiger partial charge in [0.05, 0.1) is 34.4 Å². The average molecular weight is 1590 g/mol. The molecule has 5 amide bonds. The minimum atomic E-state index is -0.741. The van der Waals surface area contributed by atoms with Gasteiger partial charge in [-0.25, -0.2) is 4.79 Å². The number of phenols is 2. The SMILES string of the molecule is CCN(CC)C(=O)c1ccc(B2OC(C)(C)C(C)(C)O2)cn1.CCN(CC)C(=O)c1ccc(C2=CC3(CCN(C(=O)OC(C)(C)C)C3)Oc3cccc(OCOC)c32)cn1.CCN(CC)C(=O)c1ccc(C2=CC3(CCNC3)Oc3cccc(O)c32)cc1.CCN(CC)C(=O)c1ccc(C2=CC3(CCNC3)Oc3cccc(O)c32)cn1. The van der Waals surface area contributed by atoms with Crippen molar-refractivity contribution >= 4 is 59.0 Å². The van der Waals surface area contributed by atoms with Gasteiger partial charge in [0.2, 0.25) is 0 Å². The quantitative estimate of drug-likeness (QED) is 0.0432. The topological polar surface area (TPSA) is 279 Å². The van der Waals surface area contributed by atoms with Crippen LogP contribution in [0.1, 0.15) is 198 Å². The third kappa shape index (κ3) is 19.1. The van der Waals surface area contributed by atoms with E-state index in [0.29, 0.717) is 129 Å². The van der Waals surface area contributed by atoms with Gasteiger partial charge in [0, 0.05) is 139 Å². The molecule has 0 bridgehead atoms. The fourth-order valence-electron chi connectivity index (χ4n) is 15.1. The first-order valence-corrected chi connectivity index (χ1v) is 40.5. The first kappa shape index (κ1) is 86.2. The number of hydrogen-bond donors (Lipinski definition) is 4. The zero-order valence-electron chi connectivity index (χ0n) is 70.0. The van der Waals surface area contributed by atoms with Crippen molar-refractivity contribution in [1.29, 1.82) is 0 Å². The van der Waals surface area contributed by atoms with E-state index >= 15 is 0 Å². The number of methoxy groups -OCH3 is 1. The van der Waals surface area contributed by atoms with E-state index in [-0.39, 0.29) is 59.2 Å². The summed E-state index contributed by atoms with van der Waals surface area (Å²) in [5, 5.41) is 27.7. The Balaban J connectivity index is 0.000000155. The highest BCUT2D eigenvalue weighted by molar-refractivity contribution is 6.62. The Bertz CT molecular complexity index is 4560. The van der Waals surface area contributed by atoms with E-state index in [2.05, 4.69) is 37.7 Å². The van der Waals surface area contributed by atoms with Crippen LogP contribution in [0.2, 0.25) is 0 Å². The molecular formula is C90H113BN10O15. The molecule has 7 aliphatic rings. The number of aromatic nitrogens is 3. The Morgan fingerprint density at radius 3 is 1.32 bits per heavy atom. The Morgan fingerprint density at radius 1 is 0.500 bits per heavy atom. The average Bonchev–Trinajstić information content (AvgIpc) is 1.39. The lowest BCUT2D eigenvalue weighted by Crippen LogP contribution is -2.42. The van der Waals surface area contributed by atoms with Gasteiger partial charge in [0.1, 0.15) is 74.0 Å². The Labute approximate surface area is 682 Å². The number of nitrogens with one attached hydrogen (secondary N) is 2. The van der Waals surface area contributed by atoms with E-state index in [1.165, 1.54) is 0 Å². The van der Waals surface area contributed by atoms with Crippen LogP contribution in [0.3, 0.4) is 0 Å². The van der Waals surface area contributed by atoms with Crippen LogP contribution in [0.25, 0.3) is 16.7 Å². The van der Waals surface area contributed by atoms with E-state index in [4.69, 9.17) is 37.7 Å². The summed E-state index contributed by atoms with van der Waals surface area (Å²) in [6.45, 7) is 38.7. The van der Waals surface area contributed by atoms with Gasteiger partial charge < -0.3 is 83.1 Å². The second-order valence-electron chi connectivity index (χ2n) is 31.6. The number of fused-ring (bicyclic) bond motifs is 3. The van der Waals surface area contributed by atoms with Crippen LogP contribution in [-0.4, -0.2) is 226 Å². The van der Waals surface area contributed by atoms with Crippen LogP contribution in [-0.2, 0) is 18.8 Å². The van der Waals surface area contributed by atoms with Gasteiger partial charge in [-0.1, -0.05) is 48.5 Å². The van der Waals surface area contributed by atoms with Crippen LogP contribution >= 0.6 is 0 Å². The summed E-state index contributed by atoms with van der Waals surface area (Å²) in [6.07, 6.45) is 13.3. The summed E-state index contributed by atoms with van der Waals surface area (Å²) in [7, 11) is 1.12. The second kappa shape index (κ2) is 36.7. The molecular weight excluding hydrogens is 1470 g/mol. The molecule has 14 rings (SSSR count). The molecule has 0 radical (unpaired) electrons. The van der Waals surface area contributed by atoms with E-state index < -0.39 is 29.5 Å². The molecule has 3 spiro atoms. The number of phenolic OH excluding ortho intramolecular Hbond substituents is 2. The number of ether oxygens (including phenoxy) is 6. The fourth-order valence-corrected chi connectivity index (χ4v) is 15.1. The summed E-state index contributed by atoms with van der Waals surface area (Å²) in [6, 6.07) is 34.9. The lowest BCUT2D eigenvalue weighted by molar-refractivity contribution is 0.00578. The molecule has 25 nitrogen and oxygen atoms in total. The second-order valence-corrected chi connectivity index (χ2v) is 31.6. The molecule has 3 atom stereocenters. The van der Waals surface area contributed by atoms with Crippen molar-refractivity contribution in [3.8, 4) is 34.5 Å². The molecule has 3 aromatic heterocycles. The fraction of sp³-hybridized carbons (Fsp3) is 0.444. The molecule has 10 heterocycles. The molecule has 4 aromatic carbocycles. The molecule has 4 N–H and O–H groups in total. The number of benzene rings is 4. The number of pyridine rings is 3. The largest absolute Gasteiger partial charge is 0.507 e. The molecule has 4 saturated heterocycles. The predicted molar refractivity (Wildman–Crippen MR) is 448 cm³/mol. The molecule has 616 valence electrons. The van der Waals surface area contributed by atoms with E-state index in [1.54, 1.807) is 87.8 Å². The maximum absolute atomic E-state index is 12.8. The maximum Gasteiger partial charge on any atom is 0.496 e. The van der Waals surface area contributed by atoms with Crippen molar-refractivity contribution < 1.29 is 71.9 Å². The van der Waals surface area contributed by atoms with E-state index in [0.717, 1.165) is 83.5 Å². The third-order valence-electron chi connectivity index (χ3n) is 22.3. The summed E-state index contributed by atoms with van der Waals surface area (Å²) in [4.78, 5) is 84.9. The summed E-state index contributed by atoms with van der Waals surface area (Å²) >= 11 is 0. The van der Waals surface area contributed by atoms with Gasteiger partial charge in [-0.3, -0.25) is 34.1 Å². The molecule has 26 heteroatoms. The highest BCUT2D eigenvalue weighted by atomic mass is 16.7. The van der Waals surface area contributed by atoms with Crippen LogP contribution in [0.4, 0.5) is 4.79 Å². The van der Waals surface area contributed by atoms with Crippen molar-refractivity contribution in [1.82, 2.24) is 50.1 Å². The van der Waals surface area contributed by atoms with Crippen LogP contribution in [0.5, 0.6) is 34.5 Å².